The fraction of sp³-hybridized carbons (Fsp3) is 0.143. The van der Waals surface area contributed by atoms with Gasteiger partial charge in [-0.15, -0.1) is 5.10 Å². The number of benzene rings is 2. The van der Waals surface area contributed by atoms with Crippen LogP contribution in [-0.4, -0.2) is 42.3 Å². The number of thioether (sulfide) groups is 1. The van der Waals surface area contributed by atoms with Gasteiger partial charge in [-0.1, -0.05) is 42.1 Å². The van der Waals surface area contributed by atoms with Crippen molar-refractivity contribution in [3.63, 3.8) is 0 Å². The van der Waals surface area contributed by atoms with Crippen LogP contribution in [0.2, 0.25) is 0 Å². The molecule has 31 heavy (non-hydrogen) atoms. The molecule has 0 unspecified atom stereocenters. The van der Waals surface area contributed by atoms with Crippen molar-refractivity contribution in [1.82, 2.24) is 9.78 Å². The van der Waals surface area contributed by atoms with Crippen molar-refractivity contribution >= 4 is 34.2 Å². The number of aliphatic carboxylic acids is 1. The molecule has 2 aromatic carbocycles. The lowest BCUT2D eigenvalue weighted by molar-refractivity contribution is -0.384. The Kier molecular flexibility index (Phi) is 5.89. The Hall–Kier alpha value is -3.79. The minimum atomic E-state index is -0.939. The van der Waals surface area contributed by atoms with Gasteiger partial charge >= 0.3 is 5.97 Å². The lowest BCUT2D eigenvalue weighted by atomic mass is 10.0. The summed E-state index contributed by atoms with van der Waals surface area (Å²) in [5.41, 5.74) is 3.58. The number of nitrogens with zero attached hydrogens (tertiary/aromatic N) is 5. The molecule has 4 rings (SSSR count). The van der Waals surface area contributed by atoms with E-state index in [4.69, 9.17) is 5.11 Å². The summed E-state index contributed by atoms with van der Waals surface area (Å²) >= 11 is 1.09. The fourth-order valence-corrected chi connectivity index (χ4v) is 3.76. The summed E-state index contributed by atoms with van der Waals surface area (Å²) in [5, 5.41) is 33.4. The monoisotopic (exact) mass is 435 g/mol. The maximum atomic E-state index is 11.5. The number of hydrogen-bond acceptors (Lipinski definition) is 7. The molecule has 1 aliphatic rings. The molecule has 0 aliphatic carbocycles. The van der Waals surface area contributed by atoms with Crippen molar-refractivity contribution < 1.29 is 14.8 Å². The molecule has 2 heterocycles. The van der Waals surface area contributed by atoms with Gasteiger partial charge < -0.3 is 5.11 Å². The van der Waals surface area contributed by atoms with Crippen LogP contribution in [0.3, 0.4) is 0 Å². The van der Waals surface area contributed by atoms with Crippen LogP contribution in [0, 0.1) is 10.1 Å². The van der Waals surface area contributed by atoms with Crippen LogP contribution in [-0.2, 0) is 11.3 Å². The number of carboxylic acids is 1. The summed E-state index contributed by atoms with van der Waals surface area (Å²) in [5.74, 6) is -1.05. The average molecular weight is 435 g/mol. The molecule has 0 amide bonds. The largest absolute Gasteiger partial charge is 0.481 e. The molecule has 0 fully saturated rings. The third-order valence-electron chi connectivity index (χ3n) is 4.58. The molecule has 0 radical (unpaired) electrons. The van der Waals surface area contributed by atoms with Crippen LogP contribution >= 0.6 is 11.8 Å². The molecule has 156 valence electrons. The molecule has 1 aliphatic heterocycles. The number of aromatic nitrogens is 2. The van der Waals surface area contributed by atoms with E-state index in [0.717, 1.165) is 22.9 Å². The van der Waals surface area contributed by atoms with E-state index in [1.54, 1.807) is 10.9 Å². The highest BCUT2D eigenvalue weighted by molar-refractivity contribution is 8.14. The van der Waals surface area contributed by atoms with Crippen molar-refractivity contribution in [2.24, 2.45) is 10.2 Å². The number of non-ortho nitro benzene ring substituents is 1. The smallest absolute Gasteiger partial charge is 0.313 e. The Morgan fingerprint density at radius 2 is 1.90 bits per heavy atom. The molecule has 9 nitrogen and oxygen atoms in total. The maximum Gasteiger partial charge on any atom is 0.313 e. The van der Waals surface area contributed by atoms with Gasteiger partial charge in [0.05, 0.1) is 29.1 Å². The molecular weight excluding hydrogens is 418 g/mol. The van der Waals surface area contributed by atoms with E-state index in [2.05, 4.69) is 15.3 Å². The summed E-state index contributed by atoms with van der Waals surface area (Å²) in [6, 6.07) is 14.6. The highest BCUT2D eigenvalue weighted by Gasteiger charge is 2.20. The van der Waals surface area contributed by atoms with Gasteiger partial charge in [0.2, 0.25) is 0 Å². The quantitative estimate of drug-likeness (QED) is 0.444. The van der Waals surface area contributed by atoms with Crippen LogP contribution in [0.5, 0.6) is 0 Å². The predicted molar refractivity (Wildman–Crippen MR) is 119 cm³/mol. The average Bonchev–Trinajstić information content (AvgIpc) is 3.42. The number of carbonyl (C=O) groups is 1. The van der Waals surface area contributed by atoms with Crippen molar-refractivity contribution in [3.05, 3.63) is 82.2 Å². The van der Waals surface area contributed by atoms with Gasteiger partial charge in [-0.25, -0.2) is 0 Å². The van der Waals surface area contributed by atoms with Gasteiger partial charge in [-0.3, -0.25) is 19.6 Å². The second-order valence-electron chi connectivity index (χ2n) is 6.84. The minimum Gasteiger partial charge on any atom is -0.481 e. The van der Waals surface area contributed by atoms with Crippen LogP contribution in [0.25, 0.3) is 11.1 Å². The number of nitro groups is 1. The van der Waals surface area contributed by atoms with E-state index < -0.39 is 10.9 Å². The molecule has 0 spiro atoms. The first-order chi connectivity index (χ1) is 15.0. The summed E-state index contributed by atoms with van der Waals surface area (Å²) in [6.45, 7) is 0.591. The van der Waals surface area contributed by atoms with Crippen molar-refractivity contribution in [3.8, 4) is 11.1 Å². The topological polar surface area (TPSA) is 123 Å². The Labute approximate surface area is 181 Å². The highest BCUT2D eigenvalue weighted by atomic mass is 32.2. The van der Waals surface area contributed by atoms with Crippen LogP contribution in [0.4, 0.5) is 5.69 Å². The zero-order valence-electron chi connectivity index (χ0n) is 16.2. The molecule has 1 N–H and O–H groups in total. The Morgan fingerprint density at radius 3 is 2.65 bits per heavy atom. The number of rotatable bonds is 7. The molecule has 10 heteroatoms. The van der Waals surface area contributed by atoms with Gasteiger partial charge in [0.1, 0.15) is 5.04 Å². The van der Waals surface area contributed by atoms with E-state index in [1.807, 2.05) is 42.6 Å². The van der Waals surface area contributed by atoms with E-state index in [-0.39, 0.29) is 11.4 Å². The van der Waals surface area contributed by atoms with Gasteiger partial charge in [-0.2, -0.15) is 10.2 Å². The Balaban J connectivity index is 1.57. The summed E-state index contributed by atoms with van der Waals surface area (Å²) in [7, 11) is 0. The second kappa shape index (κ2) is 8.92. The zero-order valence-corrected chi connectivity index (χ0v) is 17.0. The summed E-state index contributed by atoms with van der Waals surface area (Å²) in [6.07, 6.45) is 3.86. The number of carboxylic acid groups (broad SMARTS) is 1. The van der Waals surface area contributed by atoms with Crippen molar-refractivity contribution in [2.75, 3.05) is 5.75 Å². The third kappa shape index (κ3) is 5.04. The summed E-state index contributed by atoms with van der Waals surface area (Å²) < 4.78 is 1.78. The van der Waals surface area contributed by atoms with Crippen LogP contribution in [0.1, 0.15) is 17.5 Å². The van der Waals surface area contributed by atoms with E-state index >= 15 is 0 Å². The standard InChI is InChI=1S/C21H17N5O4S/c27-21(28)13-31-20-9-19(23-24-20)16-6-15(7-18(8-16)26(29)30)17-10-22-25(12-17)11-14-4-2-1-3-5-14/h1-8,10,12H,9,11,13H2,(H,27,28). The lowest BCUT2D eigenvalue weighted by Gasteiger charge is -2.05. The Morgan fingerprint density at radius 1 is 1.13 bits per heavy atom. The molecule has 3 aromatic rings. The molecule has 1 aromatic heterocycles. The van der Waals surface area contributed by atoms with E-state index in [1.165, 1.54) is 12.1 Å². The lowest BCUT2D eigenvalue weighted by Crippen LogP contribution is -2.06. The van der Waals surface area contributed by atoms with Crippen molar-refractivity contribution in [2.45, 2.75) is 13.0 Å². The van der Waals surface area contributed by atoms with Crippen molar-refractivity contribution in [1.29, 1.82) is 0 Å². The fourth-order valence-electron chi connectivity index (χ4n) is 3.13. The minimum absolute atomic E-state index is 0.0577. The molecule has 0 atom stereocenters. The van der Waals surface area contributed by atoms with E-state index in [0.29, 0.717) is 34.8 Å². The third-order valence-corrected chi connectivity index (χ3v) is 5.53. The zero-order chi connectivity index (χ0) is 21.8. The predicted octanol–water partition coefficient (Wildman–Crippen LogP) is 3.83. The summed E-state index contributed by atoms with van der Waals surface area (Å²) in [4.78, 5) is 21.8. The molecular formula is C21H17N5O4S. The highest BCUT2D eigenvalue weighted by Crippen LogP contribution is 2.28. The first-order valence-corrected chi connectivity index (χ1v) is 10.3. The molecule has 0 bridgehead atoms. The number of nitro benzene ring substituents is 1. The van der Waals surface area contributed by atoms with Crippen LogP contribution < -0.4 is 0 Å². The van der Waals surface area contributed by atoms with E-state index in [9.17, 15) is 14.9 Å². The Bertz CT molecular complexity index is 1200. The maximum absolute atomic E-state index is 11.5. The first kappa shape index (κ1) is 20.5. The van der Waals surface area contributed by atoms with Gasteiger partial charge in [0.25, 0.3) is 5.69 Å². The van der Waals surface area contributed by atoms with Crippen LogP contribution in [0.15, 0.2) is 71.1 Å². The molecule has 0 saturated heterocycles. The number of hydrogen-bond donors (Lipinski definition) is 1. The van der Waals surface area contributed by atoms with Gasteiger partial charge in [0.15, 0.2) is 0 Å². The SMILES string of the molecule is O=C(O)CSC1=NN=C(c2cc(-c3cnn(Cc4ccccc4)c3)cc([N+](=O)[O-])c2)C1. The second-order valence-corrected chi connectivity index (χ2v) is 7.89. The first-order valence-electron chi connectivity index (χ1n) is 9.32. The van der Waals surface area contributed by atoms with Gasteiger partial charge in [0, 0.05) is 35.9 Å². The molecule has 0 saturated carbocycles. The normalized spacial score (nSPS) is 13.0. The van der Waals surface area contributed by atoms with Gasteiger partial charge in [-0.05, 0) is 17.2 Å².